The molecule has 0 heterocycles. The molecular weight excluding hydrogens is 288 g/mol. The first-order valence-electron chi connectivity index (χ1n) is 6.81. The number of nitrogens with one attached hydrogen (secondary N) is 1. The van der Waals surface area contributed by atoms with Gasteiger partial charge in [0.05, 0.1) is 19.1 Å². The van der Waals surface area contributed by atoms with E-state index in [0.717, 1.165) is 23.5 Å². The molecule has 1 amide bonds. The van der Waals surface area contributed by atoms with Crippen LogP contribution in [0.2, 0.25) is 0 Å². The standard InChI is InChI=1S/C15H20N2O3S/c1-17-14(19)11-4-3-10(16)7-12(11)21-9-15(5-6-15)8-13(18)20-2/h3-4,7H,5-6,8-9,16H2,1-2H3,(H,17,19). The van der Waals surface area contributed by atoms with Crippen molar-refractivity contribution in [2.75, 3.05) is 25.6 Å². The summed E-state index contributed by atoms with van der Waals surface area (Å²) in [5.41, 5.74) is 7.07. The van der Waals surface area contributed by atoms with Crippen LogP contribution >= 0.6 is 11.8 Å². The quantitative estimate of drug-likeness (QED) is 0.477. The molecular formula is C15H20N2O3S. The summed E-state index contributed by atoms with van der Waals surface area (Å²) in [6.07, 6.45) is 2.48. The van der Waals surface area contributed by atoms with E-state index in [-0.39, 0.29) is 17.3 Å². The highest BCUT2D eigenvalue weighted by molar-refractivity contribution is 7.99. The van der Waals surface area contributed by atoms with Gasteiger partial charge < -0.3 is 15.8 Å². The Kier molecular flexibility index (Phi) is 4.77. The number of hydrogen-bond acceptors (Lipinski definition) is 5. The zero-order valence-electron chi connectivity index (χ0n) is 12.3. The van der Waals surface area contributed by atoms with E-state index in [0.29, 0.717) is 17.7 Å². The molecule has 0 atom stereocenters. The molecule has 3 N–H and O–H groups in total. The Morgan fingerprint density at radius 1 is 1.43 bits per heavy atom. The normalized spacial score (nSPS) is 15.3. The fraction of sp³-hybridized carbons (Fsp3) is 0.467. The number of carbonyl (C=O) groups excluding carboxylic acids is 2. The van der Waals surface area contributed by atoms with Crippen molar-refractivity contribution in [1.82, 2.24) is 5.32 Å². The number of esters is 1. The third kappa shape index (κ3) is 3.91. The van der Waals surface area contributed by atoms with Crippen molar-refractivity contribution < 1.29 is 14.3 Å². The molecule has 1 saturated carbocycles. The number of rotatable bonds is 6. The Bertz CT molecular complexity index is 556. The van der Waals surface area contributed by atoms with Crippen LogP contribution in [0.4, 0.5) is 5.69 Å². The third-order valence-electron chi connectivity index (χ3n) is 3.72. The molecule has 5 nitrogen and oxygen atoms in total. The van der Waals surface area contributed by atoms with E-state index in [1.165, 1.54) is 7.11 Å². The molecule has 0 spiro atoms. The molecule has 0 aromatic heterocycles. The molecule has 0 unspecified atom stereocenters. The first-order chi connectivity index (χ1) is 9.99. The molecule has 0 saturated heterocycles. The van der Waals surface area contributed by atoms with Gasteiger partial charge in [0.25, 0.3) is 5.91 Å². The number of carbonyl (C=O) groups is 2. The predicted molar refractivity (Wildman–Crippen MR) is 83.3 cm³/mol. The van der Waals surface area contributed by atoms with Gasteiger partial charge in [0.1, 0.15) is 0 Å². The summed E-state index contributed by atoms with van der Waals surface area (Å²) in [5, 5.41) is 2.63. The summed E-state index contributed by atoms with van der Waals surface area (Å²) < 4.78 is 4.74. The number of nitrogen functional groups attached to an aromatic ring is 1. The highest BCUT2D eigenvalue weighted by Gasteiger charge is 2.44. The van der Waals surface area contributed by atoms with Crippen LogP contribution in [0.1, 0.15) is 29.6 Å². The molecule has 21 heavy (non-hydrogen) atoms. The summed E-state index contributed by atoms with van der Waals surface area (Å²) in [5.74, 6) is 0.484. The van der Waals surface area contributed by atoms with E-state index in [9.17, 15) is 9.59 Å². The van der Waals surface area contributed by atoms with Crippen molar-refractivity contribution in [2.45, 2.75) is 24.2 Å². The van der Waals surface area contributed by atoms with Crippen LogP contribution in [0.15, 0.2) is 23.1 Å². The lowest BCUT2D eigenvalue weighted by Gasteiger charge is -2.15. The number of amides is 1. The van der Waals surface area contributed by atoms with Crippen molar-refractivity contribution >= 4 is 29.3 Å². The SMILES string of the molecule is CNC(=O)c1ccc(N)cc1SCC1(CC(=O)OC)CC1. The van der Waals surface area contributed by atoms with E-state index in [4.69, 9.17) is 10.5 Å². The number of nitrogens with two attached hydrogens (primary N) is 1. The second-order valence-corrected chi connectivity index (χ2v) is 6.39. The van der Waals surface area contributed by atoms with Gasteiger partial charge in [-0.15, -0.1) is 11.8 Å². The van der Waals surface area contributed by atoms with Crippen LogP contribution in [0.3, 0.4) is 0 Å². The maximum absolute atomic E-state index is 11.9. The second kappa shape index (κ2) is 6.39. The van der Waals surface area contributed by atoms with Gasteiger partial charge in [-0.1, -0.05) is 0 Å². The second-order valence-electron chi connectivity index (χ2n) is 5.38. The average Bonchev–Trinajstić information content (AvgIpc) is 3.24. The molecule has 0 radical (unpaired) electrons. The van der Waals surface area contributed by atoms with Gasteiger partial charge in [0.15, 0.2) is 0 Å². The minimum Gasteiger partial charge on any atom is -0.469 e. The monoisotopic (exact) mass is 308 g/mol. The Balaban J connectivity index is 2.07. The topological polar surface area (TPSA) is 81.4 Å². The highest BCUT2D eigenvalue weighted by atomic mass is 32.2. The molecule has 1 aliphatic rings. The average molecular weight is 308 g/mol. The van der Waals surface area contributed by atoms with Crippen LogP contribution < -0.4 is 11.1 Å². The lowest BCUT2D eigenvalue weighted by molar-refractivity contribution is -0.141. The zero-order valence-corrected chi connectivity index (χ0v) is 13.1. The van der Waals surface area contributed by atoms with Gasteiger partial charge in [-0.2, -0.15) is 0 Å². The molecule has 1 fully saturated rings. The molecule has 1 aliphatic carbocycles. The zero-order chi connectivity index (χ0) is 15.5. The summed E-state index contributed by atoms with van der Waals surface area (Å²) in [6.45, 7) is 0. The van der Waals surface area contributed by atoms with Gasteiger partial charge in [0, 0.05) is 23.4 Å². The number of anilines is 1. The van der Waals surface area contributed by atoms with Crippen LogP contribution in [0.25, 0.3) is 0 Å². The van der Waals surface area contributed by atoms with Gasteiger partial charge in [-0.25, -0.2) is 0 Å². The smallest absolute Gasteiger partial charge is 0.306 e. The molecule has 1 aromatic rings. The molecule has 0 aliphatic heterocycles. The van der Waals surface area contributed by atoms with Crippen molar-refractivity contribution in [3.05, 3.63) is 23.8 Å². The Labute approximate surface area is 128 Å². The summed E-state index contributed by atoms with van der Waals surface area (Å²) >= 11 is 1.58. The summed E-state index contributed by atoms with van der Waals surface area (Å²) in [4.78, 5) is 24.2. The van der Waals surface area contributed by atoms with Crippen LogP contribution in [-0.4, -0.2) is 31.8 Å². The number of methoxy groups -OCH3 is 1. The van der Waals surface area contributed by atoms with Crippen LogP contribution in [0, 0.1) is 5.41 Å². The minimum absolute atomic E-state index is 0.0162. The number of benzene rings is 1. The predicted octanol–water partition coefficient (Wildman–Crippen LogP) is 2.06. The number of hydrogen-bond donors (Lipinski definition) is 2. The number of thioether (sulfide) groups is 1. The van der Waals surface area contributed by atoms with Crippen molar-refractivity contribution in [3.63, 3.8) is 0 Å². The molecule has 2 rings (SSSR count). The van der Waals surface area contributed by atoms with Gasteiger partial charge >= 0.3 is 5.97 Å². The van der Waals surface area contributed by atoms with Gasteiger partial charge in [-0.05, 0) is 36.5 Å². The van der Waals surface area contributed by atoms with Gasteiger partial charge in [-0.3, -0.25) is 9.59 Å². The molecule has 1 aromatic carbocycles. The van der Waals surface area contributed by atoms with Crippen LogP contribution in [0.5, 0.6) is 0 Å². The third-order valence-corrected chi connectivity index (χ3v) is 5.12. The lowest BCUT2D eigenvalue weighted by Crippen LogP contribution is -2.19. The first kappa shape index (κ1) is 15.7. The molecule has 0 bridgehead atoms. The van der Waals surface area contributed by atoms with E-state index in [1.807, 2.05) is 6.07 Å². The van der Waals surface area contributed by atoms with E-state index < -0.39 is 0 Å². The Hall–Kier alpha value is -1.69. The van der Waals surface area contributed by atoms with Crippen molar-refractivity contribution in [1.29, 1.82) is 0 Å². The molecule has 114 valence electrons. The van der Waals surface area contributed by atoms with Crippen molar-refractivity contribution in [3.8, 4) is 0 Å². The number of ether oxygens (including phenoxy) is 1. The van der Waals surface area contributed by atoms with Crippen molar-refractivity contribution in [2.24, 2.45) is 5.41 Å². The Morgan fingerprint density at radius 2 is 2.14 bits per heavy atom. The lowest BCUT2D eigenvalue weighted by atomic mass is 10.1. The fourth-order valence-electron chi connectivity index (χ4n) is 2.14. The van der Waals surface area contributed by atoms with E-state index in [2.05, 4.69) is 5.32 Å². The summed E-state index contributed by atoms with van der Waals surface area (Å²) in [7, 11) is 3.01. The first-order valence-corrected chi connectivity index (χ1v) is 7.79. The largest absolute Gasteiger partial charge is 0.469 e. The van der Waals surface area contributed by atoms with E-state index >= 15 is 0 Å². The minimum atomic E-state index is -0.174. The maximum Gasteiger partial charge on any atom is 0.306 e. The van der Waals surface area contributed by atoms with Crippen LogP contribution in [-0.2, 0) is 9.53 Å². The molecule has 6 heteroatoms. The summed E-state index contributed by atoms with van der Waals surface area (Å²) in [6, 6.07) is 5.26. The van der Waals surface area contributed by atoms with E-state index in [1.54, 1.807) is 30.9 Å². The fourth-order valence-corrected chi connectivity index (χ4v) is 3.53. The Morgan fingerprint density at radius 3 is 2.71 bits per heavy atom. The highest BCUT2D eigenvalue weighted by Crippen LogP contribution is 2.52. The maximum atomic E-state index is 11.9. The van der Waals surface area contributed by atoms with Gasteiger partial charge in [0.2, 0.25) is 0 Å².